The van der Waals surface area contributed by atoms with Crippen LogP contribution in [0, 0.1) is 17.2 Å². The molecule has 3 heterocycles. The Morgan fingerprint density at radius 1 is 0.900 bits per heavy atom. The van der Waals surface area contributed by atoms with Crippen molar-refractivity contribution < 1.29 is 8.42 Å². The van der Waals surface area contributed by atoms with Crippen LogP contribution in [-0.2, 0) is 10.0 Å². The molecule has 0 aliphatic carbocycles. The zero-order chi connectivity index (χ0) is 21.1. The largest absolute Gasteiger partial charge is 0.355 e. The predicted molar refractivity (Wildman–Crippen MR) is 115 cm³/mol. The standard InChI is InChI=1S/C21H26N6O2S/c1-17-8-10-25(11-9-17)20-6-7-21(24-23-20)26-12-14-27(15-13-26)30(28,29)19-5-3-2-4-18(19)16-22/h2-7,17H,8-15H2,1H3. The Hall–Kier alpha value is -2.70. The van der Waals surface area contributed by atoms with E-state index in [1.807, 2.05) is 18.2 Å². The van der Waals surface area contributed by atoms with Crippen molar-refractivity contribution >= 4 is 21.7 Å². The highest BCUT2D eigenvalue weighted by molar-refractivity contribution is 7.89. The molecule has 4 rings (SSSR count). The molecule has 8 nitrogen and oxygen atoms in total. The van der Waals surface area contributed by atoms with Crippen molar-refractivity contribution in [3.05, 3.63) is 42.0 Å². The number of sulfonamides is 1. The first-order chi connectivity index (χ1) is 14.5. The highest BCUT2D eigenvalue weighted by Gasteiger charge is 2.30. The topological polar surface area (TPSA) is 93.4 Å². The summed E-state index contributed by atoms with van der Waals surface area (Å²) in [5.74, 6) is 2.43. The Balaban J connectivity index is 1.40. The van der Waals surface area contributed by atoms with Crippen LogP contribution in [0.4, 0.5) is 11.6 Å². The molecule has 9 heteroatoms. The van der Waals surface area contributed by atoms with Crippen molar-refractivity contribution in [3.8, 4) is 6.07 Å². The van der Waals surface area contributed by atoms with Gasteiger partial charge in [0, 0.05) is 39.3 Å². The molecule has 2 saturated heterocycles. The van der Waals surface area contributed by atoms with E-state index in [2.05, 4.69) is 26.9 Å². The van der Waals surface area contributed by atoms with Gasteiger partial charge in [-0.1, -0.05) is 19.1 Å². The predicted octanol–water partition coefficient (Wildman–Crippen LogP) is 2.10. The van der Waals surface area contributed by atoms with Gasteiger partial charge in [-0.05, 0) is 43.0 Å². The van der Waals surface area contributed by atoms with Gasteiger partial charge >= 0.3 is 0 Å². The lowest BCUT2D eigenvalue weighted by atomic mass is 9.99. The van der Waals surface area contributed by atoms with Crippen molar-refractivity contribution in [1.82, 2.24) is 14.5 Å². The van der Waals surface area contributed by atoms with E-state index in [0.29, 0.717) is 26.2 Å². The fourth-order valence-corrected chi connectivity index (χ4v) is 5.54. The number of piperazine rings is 1. The van der Waals surface area contributed by atoms with Crippen molar-refractivity contribution in [1.29, 1.82) is 5.26 Å². The van der Waals surface area contributed by atoms with Gasteiger partial charge in [0.15, 0.2) is 11.6 Å². The molecule has 0 unspecified atom stereocenters. The number of rotatable bonds is 4. The molecule has 1 aromatic carbocycles. The Labute approximate surface area is 177 Å². The zero-order valence-electron chi connectivity index (χ0n) is 17.1. The second-order valence-electron chi connectivity index (χ2n) is 7.92. The summed E-state index contributed by atoms with van der Waals surface area (Å²) in [6.07, 6.45) is 2.35. The van der Waals surface area contributed by atoms with Crippen LogP contribution in [0.2, 0.25) is 0 Å². The second-order valence-corrected chi connectivity index (χ2v) is 9.82. The average molecular weight is 427 g/mol. The number of hydrogen-bond donors (Lipinski definition) is 0. The van der Waals surface area contributed by atoms with E-state index in [1.54, 1.807) is 12.1 Å². The maximum Gasteiger partial charge on any atom is 0.244 e. The minimum atomic E-state index is -3.69. The number of benzene rings is 1. The molecule has 0 saturated carbocycles. The van der Waals surface area contributed by atoms with Crippen LogP contribution in [0.15, 0.2) is 41.3 Å². The highest BCUT2D eigenvalue weighted by atomic mass is 32.2. The molecule has 2 fully saturated rings. The lowest BCUT2D eigenvalue weighted by Crippen LogP contribution is -2.49. The minimum absolute atomic E-state index is 0.0703. The number of piperidine rings is 1. The third-order valence-electron chi connectivity index (χ3n) is 5.93. The molecule has 30 heavy (non-hydrogen) atoms. The number of hydrogen-bond acceptors (Lipinski definition) is 7. The summed E-state index contributed by atoms with van der Waals surface area (Å²) in [7, 11) is -3.69. The molecule has 2 aliphatic heterocycles. The van der Waals surface area contributed by atoms with E-state index in [-0.39, 0.29) is 10.5 Å². The van der Waals surface area contributed by atoms with Crippen LogP contribution < -0.4 is 9.80 Å². The molecule has 0 bridgehead atoms. The maximum atomic E-state index is 13.0. The Morgan fingerprint density at radius 3 is 2.03 bits per heavy atom. The first kappa shape index (κ1) is 20.6. The summed E-state index contributed by atoms with van der Waals surface area (Å²) in [4.78, 5) is 4.39. The lowest BCUT2D eigenvalue weighted by Gasteiger charge is -2.35. The molecule has 0 spiro atoms. The van der Waals surface area contributed by atoms with Gasteiger partial charge < -0.3 is 9.80 Å². The summed E-state index contributed by atoms with van der Waals surface area (Å²) in [5, 5.41) is 18.0. The number of anilines is 2. The number of nitrogens with zero attached hydrogens (tertiary/aromatic N) is 6. The Bertz CT molecular complexity index is 1020. The molecule has 0 amide bonds. The quantitative estimate of drug-likeness (QED) is 0.739. The van der Waals surface area contributed by atoms with E-state index < -0.39 is 10.0 Å². The van der Waals surface area contributed by atoms with Gasteiger partial charge in [0.05, 0.1) is 10.5 Å². The lowest BCUT2D eigenvalue weighted by molar-refractivity contribution is 0.383. The molecular formula is C21H26N6O2S. The van der Waals surface area contributed by atoms with Crippen molar-refractivity contribution in [2.75, 3.05) is 49.1 Å². The van der Waals surface area contributed by atoms with E-state index >= 15 is 0 Å². The normalized spacial score (nSPS) is 18.9. The van der Waals surface area contributed by atoms with Gasteiger partial charge in [-0.2, -0.15) is 9.57 Å². The van der Waals surface area contributed by atoms with Crippen LogP contribution in [-0.4, -0.2) is 62.2 Å². The van der Waals surface area contributed by atoms with Gasteiger partial charge in [-0.25, -0.2) is 8.42 Å². The number of aromatic nitrogens is 2. The van der Waals surface area contributed by atoms with E-state index in [1.165, 1.54) is 29.3 Å². The third kappa shape index (κ3) is 4.11. The van der Waals surface area contributed by atoms with E-state index in [0.717, 1.165) is 30.6 Å². The highest BCUT2D eigenvalue weighted by Crippen LogP contribution is 2.24. The van der Waals surface area contributed by atoms with Gasteiger partial charge in [0.25, 0.3) is 0 Å². The van der Waals surface area contributed by atoms with Crippen LogP contribution in [0.25, 0.3) is 0 Å². The zero-order valence-corrected chi connectivity index (χ0v) is 17.9. The molecule has 0 atom stereocenters. The molecular weight excluding hydrogens is 400 g/mol. The molecule has 2 aromatic rings. The van der Waals surface area contributed by atoms with Crippen LogP contribution >= 0.6 is 0 Å². The van der Waals surface area contributed by atoms with Gasteiger partial charge in [0.1, 0.15) is 6.07 Å². The molecule has 0 radical (unpaired) electrons. The molecule has 158 valence electrons. The SMILES string of the molecule is CC1CCN(c2ccc(N3CCN(S(=O)(=O)c4ccccc4C#N)CC3)nn2)CC1. The fourth-order valence-electron chi connectivity index (χ4n) is 3.97. The number of nitriles is 1. The fraction of sp³-hybridized carbons (Fsp3) is 0.476. The smallest absolute Gasteiger partial charge is 0.244 e. The van der Waals surface area contributed by atoms with E-state index in [9.17, 15) is 13.7 Å². The van der Waals surface area contributed by atoms with Gasteiger partial charge in [-0.15, -0.1) is 10.2 Å². The average Bonchev–Trinajstić information content (AvgIpc) is 2.80. The van der Waals surface area contributed by atoms with Crippen molar-refractivity contribution in [2.45, 2.75) is 24.7 Å². The first-order valence-electron chi connectivity index (χ1n) is 10.3. The van der Waals surface area contributed by atoms with Crippen molar-refractivity contribution in [3.63, 3.8) is 0 Å². The summed E-state index contributed by atoms with van der Waals surface area (Å²) in [6.45, 7) is 6.05. The first-order valence-corrected chi connectivity index (χ1v) is 11.8. The molecule has 0 N–H and O–H groups in total. The van der Waals surface area contributed by atoms with Crippen molar-refractivity contribution in [2.24, 2.45) is 5.92 Å². The van der Waals surface area contributed by atoms with Crippen LogP contribution in [0.1, 0.15) is 25.3 Å². The second kappa shape index (κ2) is 8.58. The van der Waals surface area contributed by atoms with E-state index in [4.69, 9.17) is 0 Å². The van der Waals surface area contributed by atoms with Crippen LogP contribution in [0.3, 0.4) is 0 Å². The maximum absolute atomic E-state index is 13.0. The third-order valence-corrected chi connectivity index (χ3v) is 7.89. The summed E-state index contributed by atoms with van der Waals surface area (Å²) >= 11 is 0. The molecule has 2 aliphatic rings. The van der Waals surface area contributed by atoms with Crippen LogP contribution in [0.5, 0.6) is 0 Å². The summed E-state index contributed by atoms with van der Waals surface area (Å²) in [5.41, 5.74) is 0.175. The van der Waals surface area contributed by atoms with Gasteiger partial charge in [-0.3, -0.25) is 0 Å². The molecule has 1 aromatic heterocycles. The summed E-state index contributed by atoms with van der Waals surface area (Å²) in [6, 6.07) is 12.3. The summed E-state index contributed by atoms with van der Waals surface area (Å²) < 4.78 is 27.4. The minimum Gasteiger partial charge on any atom is -0.355 e. The van der Waals surface area contributed by atoms with Gasteiger partial charge in [0.2, 0.25) is 10.0 Å². The Kier molecular flexibility index (Phi) is 5.88. The Morgan fingerprint density at radius 2 is 1.47 bits per heavy atom. The monoisotopic (exact) mass is 426 g/mol.